The van der Waals surface area contributed by atoms with Gasteiger partial charge in [-0.2, -0.15) is 0 Å². The van der Waals surface area contributed by atoms with Gasteiger partial charge in [0.25, 0.3) is 5.91 Å². The first-order valence-corrected chi connectivity index (χ1v) is 12.3. The van der Waals surface area contributed by atoms with Gasteiger partial charge in [0.15, 0.2) is 11.0 Å². The monoisotopic (exact) mass is 497 g/mol. The summed E-state index contributed by atoms with van der Waals surface area (Å²) in [7, 11) is 0. The molecule has 0 bridgehead atoms. The highest BCUT2D eigenvalue weighted by molar-refractivity contribution is 7.99. The molecular formula is C25H28ClN5O2S. The van der Waals surface area contributed by atoms with Crippen molar-refractivity contribution in [3.8, 4) is 0 Å². The second kappa shape index (κ2) is 12.4. The molecule has 178 valence electrons. The molecule has 0 saturated carbocycles. The van der Waals surface area contributed by atoms with E-state index in [-0.39, 0.29) is 29.5 Å². The van der Waals surface area contributed by atoms with E-state index in [0.717, 1.165) is 5.69 Å². The molecule has 0 spiro atoms. The van der Waals surface area contributed by atoms with Crippen molar-refractivity contribution in [2.24, 2.45) is 5.92 Å². The van der Waals surface area contributed by atoms with Gasteiger partial charge >= 0.3 is 0 Å². The predicted molar refractivity (Wildman–Crippen MR) is 137 cm³/mol. The maximum Gasteiger partial charge on any atom is 0.253 e. The average molecular weight is 498 g/mol. The Morgan fingerprint density at radius 1 is 1.12 bits per heavy atom. The summed E-state index contributed by atoms with van der Waals surface area (Å²) in [6, 6.07) is 15.8. The quantitative estimate of drug-likeness (QED) is 0.275. The fourth-order valence-corrected chi connectivity index (χ4v) is 4.37. The highest BCUT2D eigenvalue weighted by atomic mass is 35.5. The van der Waals surface area contributed by atoms with Crippen LogP contribution in [0.1, 0.15) is 42.5 Å². The molecule has 34 heavy (non-hydrogen) atoms. The van der Waals surface area contributed by atoms with Gasteiger partial charge in [0.05, 0.1) is 22.4 Å². The van der Waals surface area contributed by atoms with Gasteiger partial charge < -0.3 is 15.2 Å². The number of benzene rings is 2. The number of anilines is 1. The van der Waals surface area contributed by atoms with E-state index in [0.29, 0.717) is 34.5 Å². The molecule has 0 unspecified atom stereocenters. The molecular weight excluding hydrogens is 470 g/mol. The van der Waals surface area contributed by atoms with Crippen LogP contribution in [0.4, 0.5) is 5.69 Å². The van der Waals surface area contributed by atoms with Gasteiger partial charge in [0.1, 0.15) is 0 Å². The van der Waals surface area contributed by atoms with Gasteiger partial charge in [-0.15, -0.1) is 16.8 Å². The Balaban J connectivity index is 1.78. The van der Waals surface area contributed by atoms with E-state index in [2.05, 4.69) is 41.3 Å². The number of carbonyl (C=O) groups is 2. The number of thioether (sulfide) groups is 1. The summed E-state index contributed by atoms with van der Waals surface area (Å²) in [6.07, 6.45) is 2.40. The third-order valence-corrected chi connectivity index (χ3v) is 6.19. The van der Waals surface area contributed by atoms with Crippen LogP contribution < -0.4 is 10.6 Å². The van der Waals surface area contributed by atoms with E-state index >= 15 is 0 Å². The number of nitrogens with zero attached hydrogens (tertiary/aromatic N) is 3. The molecule has 0 saturated heterocycles. The van der Waals surface area contributed by atoms with E-state index in [1.54, 1.807) is 30.3 Å². The summed E-state index contributed by atoms with van der Waals surface area (Å²) in [4.78, 5) is 25.4. The SMILES string of the molecule is C=CCn1c(SCC(=O)Nc2ccccc2)nnc1[C@@H](CC(C)C)NC(=O)c1ccccc1Cl. The lowest BCUT2D eigenvalue weighted by molar-refractivity contribution is -0.113. The number of amides is 2. The van der Waals surface area contributed by atoms with Crippen molar-refractivity contribution in [3.63, 3.8) is 0 Å². The minimum Gasteiger partial charge on any atom is -0.342 e. The first-order valence-electron chi connectivity index (χ1n) is 11.0. The summed E-state index contributed by atoms with van der Waals surface area (Å²) in [6.45, 7) is 8.44. The third kappa shape index (κ3) is 6.95. The van der Waals surface area contributed by atoms with E-state index in [1.807, 2.05) is 34.9 Å². The van der Waals surface area contributed by atoms with Crippen LogP contribution in [0.15, 0.2) is 72.4 Å². The third-order valence-electron chi connectivity index (χ3n) is 4.89. The van der Waals surface area contributed by atoms with E-state index in [1.165, 1.54) is 11.8 Å². The second-order valence-corrected chi connectivity index (χ2v) is 9.43. The molecule has 0 aliphatic rings. The minimum absolute atomic E-state index is 0.142. The Hall–Kier alpha value is -3.10. The molecule has 1 atom stereocenters. The number of hydrogen-bond donors (Lipinski definition) is 2. The number of halogens is 1. The average Bonchev–Trinajstić information content (AvgIpc) is 3.20. The molecule has 9 heteroatoms. The Kier molecular flexibility index (Phi) is 9.30. The normalized spacial score (nSPS) is 11.8. The van der Waals surface area contributed by atoms with Crippen LogP contribution in [0.3, 0.4) is 0 Å². The lowest BCUT2D eigenvalue weighted by atomic mass is 10.0. The van der Waals surface area contributed by atoms with Crippen molar-refractivity contribution < 1.29 is 9.59 Å². The number of rotatable bonds is 11. The van der Waals surface area contributed by atoms with Crippen molar-refractivity contribution in [3.05, 3.63) is 83.7 Å². The maximum atomic E-state index is 13.0. The Morgan fingerprint density at radius 3 is 2.50 bits per heavy atom. The molecule has 0 radical (unpaired) electrons. The minimum atomic E-state index is -0.385. The molecule has 1 heterocycles. The lowest BCUT2D eigenvalue weighted by Crippen LogP contribution is -2.32. The summed E-state index contributed by atoms with van der Waals surface area (Å²) in [5.74, 6) is 0.654. The number of carbonyl (C=O) groups excluding carboxylic acids is 2. The fraction of sp³-hybridized carbons (Fsp3) is 0.280. The van der Waals surface area contributed by atoms with Crippen molar-refractivity contribution in [1.82, 2.24) is 20.1 Å². The topological polar surface area (TPSA) is 88.9 Å². The summed E-state index contributed by atoms with van der Waals surface area (Å²) in [5, 5.41) is 15.6. The van der Waals surface area contributed by atoms with Crippen LogP contribution in [0.25, 0.3) is 0 Å². The standard InChI is InChI=1S/C25H28ClN5O2S/c1-4-14-31-23(21(15-17(2)3)28-24(33)19-12-8-9-13-20(19)26)29-30-25(31)34-16-22(32)27-18-10-6-5-7-11-18/h4-13,17,21H,1,14-16H2,2-3H3,(H,27,32)(H,28,33)/t21-/m1/s1. The summed E-state index contributed by atoms with van der Waals surface area (Å²) >= 11 is 7.50. The van der Waals surface area contributed by atoms with Gasteiger partial charge in [-0.05, 0) is 36.6 Å². The molecule has 1 aromatic heterocycles. The van der Waals surface area contributed by atoms with Gasteiger partial charge in [-0.1, -0.05) is 73.6 Å². The zero-order chi connectivity index (χ0) is 24.5. The van der Waals surface area contributed by atoms with Gasteiger partial charge in [-0.3, -0.25) is 9.59 Å². The van der Waals surface area contributed by atoms with Gasteiger partial charge in [0, 0.05) is 12.2 Å². The number of para-hydroxylation sites is 1. The van der Waals surface area contributed by atoms with Crippen LogP contribution in [0, 0.1) is 5.92 Å². The Bertz CT molecular complexity index is 1130. The van der Waals surface area contributed by atoms with Crippen LogP contribution in [0.2, 0.25) is 5.02 Å². The van der Waals surface area contributed by atoms with Gasteiger partial charge in [-0.25, -0.2) is 0 Å². The van der Waals surface area contributed by atoms with Crippen LogP contribution in [-0.2, 0) is 11.3 Å². The Labute approximate surface area is 209 Å². The molecule has 2 N–H and O–H groups in total. The zero-order valence-corrected chi connectivity index (χ0v) is 20.8. The first-order chi connectivity index (χ1) is 16.4. The summed E-state index contributed by atoms with van der Waals surface area (Å²) < 4.78 is 1.88. The van der Waals surface area contributed by atoms with Crippen LogP contribution in [0.5, 0.6) is 0 Å². The number of nitrogens with one attached hydrogen (secondary N) is 2. The molecule has 3 aromatic rings. The Morgan fingerprint density at radius 2 is 1.82 bits per heavy atom. The molecule has 2 amide bonds. The molecule has 3 rings (SSSR count). The highest BCUT2D eigenvalue weighted by Crippen LogP contribution is 2.26. The fourth-order valence-electron chi connectivity index (χ4n) is 3.40. The van der Waals surface area contributed by atoms with Crippen molar-refractivity contribution in [1.29, 1.82) is 0 Å². The summed E-state index contributed by atoms with van der Waals surface area (Å²) in [5.41, 5.74) is 1.14. The van der Waals surface area contributed by atoms with Crippen molar-refractivity contribution >= 4 is 40.9 Å². The van der Waals surface area contributed by atoms with Gasteiger partial charge in [0.2, 0.25) is 5.91 Å². The maximum absolute atomic E-state index is 13.0. The first kappa shape index (κ1) is 25.5. The lowest BCUT2D eigenvalue weighted by Gasteiger charge is -2.21. The highest BCUT2D eigenvalue weighted by Gasteiger charge is 2.25. The van der Waals surface area contributed by atoms with Crippen molar-refractivity contribution in [2.45, 2.75) is 38.0 Å². The van der Waals surface area contributed by atoms with E-state index in [4.69, 9.17) is 11.6 Å². The molecule has 2 aromatic carbocycles. The molecule has 0 aliphatic heterocycles. The number of aromatic nitrogens is 3. The predicted octanol–water partition coefficient (Wildman–Crippen LogP) is 5.37. The second-order valence-electron chi connectivity index (χ2n) is 8.08. The largest absolute Gasteiger partial charge is 0.342 e. The number of allylic oxidation sites excluding steroid dienone is 1. The van der Waals surface area contributed by atoms with E-state index < -0.39 is 0 Å². The smallest absolute Gasteiger partial charge is 0.253 e. The van der Waals surface area contributed by atoms with Crippen LogP contribution >= 0.6 is 23.4 Å². The molecule has 7 nitrogen and oxygen atoms in total. The molecule has 0 fully saturated rings. The number of hydrogen-bond acceptors (Lipinski definition) is 5. The van der Waals surface area contributed by atoms with E-state index in [9.17, 15) is 9.59 Å². The van der Waals surface area contributed by atoms with Crippen molar-refractivity contribution in [2.75, 3.05) is 11.1 Å². The zero-order valence-electron chi connectivity index (χ0n) is 19.2. The van der Waals surface area contributed by atoms with Crippen LogP contribution in [-0.4, -0.2) is 32.3 Å². The molecule has 0 aliphatic carbocycles.